The topological polar surface area (TPSA) is 40.5 Å². The Morgan fingerprint density at radius 3 is 2.43 bits per heavy atom. The molecule has 0 atom stereocenters. The minimum atomic E-state index is -1.26. The van der Waals surface area contributed by atoms with Gasteiger partial charge in [0.2, 0.25) is 0 Å². The van der Waals surface area contributed by atoms with E-state index in [1.165, 1.54) is 6.08 Å². The second kappa shape index (κ2) is 3.62. The van der Waals surface area contributed by atoms with Crippen LogP contribution in [0.3, 0.4) is 0 Å². The van der Waals surface area contributed by atoms with E-state index < -0.39 is 6.29 Å². The average molecular weight is 100 g/mol. The summed E-state index contributed by atoms with van der Waals surface area (Å²) >= 11 is 0. The molecule has 2 N–H and O–H groups in total. The Hall–Kier alpha value is -0.560. The molecule has 0 spiro atoms. The van der Waals surface area contributed by atoms with Crippen molar-refractivity contribution in [1.29, 1.82) is 0 Å². The van der Waals surface area contributed by atoms with Gasteiger partial charge in [-0.1, -0.05) is 6.58 Å². The van der Waals surface area contributed by atoms with Crippen molar-refractivity contribution in [2.24, 2.45) is 0 Å². The molecular formula is C5H8O2. The fourth-order valence-electron chi connectivity index (χ4n) is 0.189. The molecule has 0 aromatic rings. The Balaban J connectivity index is 3.13. The van der Waals surface area contributed by atoms with Crippen LogP contribution >= 0.6 is 0 Å². The third-order valence-electron chi connectivity index (χ3n) is 0.473. The fraction of sp³-hybridized carbons (Fsp3) is 0.400. The summed E-state index contributed by atoms with van der Waals surface area (Å²) in [4.78, 5) is 0. The summed E-state index contributed by atoms with van der Waals surface area (Å²) < 4.78 is 0. The van der Waals surface area contributed by atoms with E-state index in [-0.39, 0.29) is 6.42 Å². The van der Waals surface area contributed by atoms with Crippen LogP contribution in [0, 0.1) is 0 Å². The van der Waals surface area contributed by atoms with Gasteiger partial charge in [-0.25, -0.2) is 0 Å². The maximum absolute atomic E-state index is 8.14. The molecule has 0 heterocycles. The summed E-state index contributed by atoms with van der Waals surface area (Å²) in [7, 11) is 0. The Morgan fingerprint density at radius 2 is 2.29 bits per heavy atom. The van der Waals surface area contributed by atoms with Crippen LogP contribution in [0.5, 0.6) is 0 Å². The van der Waals surface area contributed by atoms with Crippen LogP contribution in [0.15, 0.2) is 18.4 Å². The van der Waals surface area contributed by atoms with Gasteiger partial charge in [-0.05, 0) is 6.08 Å². The highest BCUT2D eigenvalue weighted by molar-refractivity contribution is 4.75. The lowest BCUT2D eigenvalue weighted by molar-refractivity contribution is -0.0360. The molecule has 40 valence electrons. The standard InChI is InChI=1S/C5H8O2/c1-2-3-4-5(6)7/h3,5-7H,1,4H2. The van der Waals surface area contributed by atoms with Crippen molar-refractivity contribution >= 4 is 0 Å². The van der Waals surface area contributed by atoms with Crippen LogP contribution in [0.2, 0.25) is 0 Å². The second-order valence-electron chi connectivity index (χ2n) is 1.12. The van der Waals surface area contributed by atoms with E-state index in [1.807, 2.05) is 0 Å². The predicted octanol–water partition coefficient (Wildman–Crippen LogP) is 0.0283. The van der Waals surface area contributed by atoms with Crippen LogP contribution in [0.25, 0.3) is 0 Å². The van der Waals surface area contributed by atoms with Gasteiger partial charge in [0.05, 0.1) is 0 Å². The zero-order valence-electron chi connectivity index (χ0n) is 3.96. The van der Waals surface area contributed by atoms with Crippen molar-refractivity contribution in [2.75, 3.05) is 0 Å². The summed E-state index contributed by atoms with van der Waals surface area (Å²) in [5, 5.41) is 16.3. The largest absolute Gasteiger partial charge is 0.368 e. The zero-order chi connectivity index (χ0) is 5.70. The van der Waals surface area contributed by atoms with Crippen molar-refractivity contribution in [3.8, 4) is 0 Å². The van der Waals surface area contributed by atoms with Gasteiger partial charge in [0, 0.05) is 6.42 Å². The number of aliphatic hydroxyl groups is 2. The first-order chi connectivity index (χ1) is 3.27. The van der Waals surface area contributed by atoms with Gasteiger partial charge >= 0.3 is 0 Å². The van der Waals surface area contributed by atoms with E-state index in [2.05, 4.69) is 12.3 Å². The molecule has 2 heteroatoms. The Bertz CT molecular complexity index is 80.1. The zero-order valence-corrected chi connectivity index (χ0v) is 3.96. The molecule has 0 aliphatic heterocycles. The normalized spacial score (nSPS) is 8.43. The second-order valence-corrected chi connectivity index (χ2v) is 1.12. The number of aliphatic hydroxyl groups excluding tert-OH is 1. The van der Waals surface area contributed by atoms with E-state index in [0.717, 1.165) is 0 Å². The first-order valence-corrected chi connectivity index (χ1v) is 1.98. The van der Waals surface area contributed by atoms with Crippen LogP contribution in [-0.2, 0) is 0 Å². The summed E-state index contributed by atoms with van der Waals surface area (Å²) in [5.41, 5.74) is 2.40. The molecule has 0 radical (unpaired) electrons. The summed E-state index contributed by atoms with van der Waals surface area (Å²) in [6.07, 6.45) is 0.419. The summed E-state index contributed by atoms with van der Waals surface area (Å²) in [6.45, 7) is 3.23. The van der Waals surface area contributed by atoms with Gasteiger partial charge in [0.25, 0.3) is 0 Å². The predicted molar refractivity (Wildman–Crippen MR) is 26.6 cm³/mol. The maximum Gasteiger partial charge on any atom is 0.155 e. The minimum Gasteiger partial charge on any atom is -0.368 e. The van der Waals surface area contributed by atoms with Gasteiger partial charge in [-0.2, -0.15) is 0 Å². The van der Waals surface area contributed by atoms with Crippen molar-refractivity contribution in [3.63, 3.8) is 0 Å². The van der Waals surface area contributed by atoms with E-state index in [1.54, 1.807) is 0 Å². The molecule has 0 aliphatic rings. The highest BCUT2D eigenvalue weighted by atomic mass is 16.5. The van der Waals surface area contributed by atoms with Gasteiger partial charge < -0.3 is 10.2 Å². The molecule has 0 saturated carbocycles. The molecule has 7 heavy (non-hydrogen) atoms. The van der Waals surface area contributed by atoms with Gasteiger partial charge in [-0.3, -0.25) is 0 Å². The molecule has 0 aliphatic carbocycles. The smallest absolute Gasteiger partial charge is 0.155 e. The van der Waals surface area contributed by atoms with E-state index in [4.69, 9.17) is 10.2 Å². The average Bonchev–Trinajstić information content (AvgIpc) is 1.61. The highest BCUT2D eigenvalue weighted by Gasteiger charge is 1.87. The quantitative estimate of drug-likeness (QED) is 0.379. The van der Waals surface area contributed by atoms with Crippen molar-refractivity contribution < 1.29 is 10.2 Å². The SMILES string of the molecule is C=C=CCC(O)O. The third-order valence-corrected chi connectivity index (χ3v) is 0.473. The molecule has 0 aromatic carbocycles. The van der Waals surface area contributed by atoms with Crippen LogP contribution < -0.4 is 0 Å². The van der Waals surface area contributed by atoms with E-state index >= 15 is 0 Å². The lowest BCUT2D eigenvalue weighted by Crippen LogP contribution is -2.00. The first kappa shape index (κ1) is 6.44. The molecular weight excluding hydrogens is 92.1 g/mol. The molecule has 2 nitrogen and oxygen atoms in total. The van der Waals surface area contributed by atoms with Gasteiger partial charge in [0.1, 0.15) is 0 Å². The highest BCUT2D eigenvalue weighted by Crippen LogP contribution is 1.83. The Kier molecular flexibility index (Phi) is 3.33. The lowest BCUT2D eigenvalue weighted by atomic mass is 10.4. The van der Waals surface area contributed by atoms with Crippen molar-refractivity contribution in [1.82, 2.24) is 0 Å². The molecule has 0 bridgehead atoms. The van der Waals surface area contributed by atoms with Crippen molar-refractivity contribution in [3.05, 3.63) is 18.4 Å². The molecule has 0 aromatic heterocycles. The summed E-state index contributed by atoms with van der Waals surface area (Å²) in [6, 6.07) is 0. The van der Waals surface area contributed by atoms with Crippen molar-refractivity contribution in [2.45, 2.75) is 12.7 Å². The van der Waals surface area contributed by atoms with Crippen LogP contribution in [-0.4, -0.2) is 16.5 Å². The third kappa shape index (κ3) is 5.44. The Labute approximate surface area is 42.4 Å². The minimum absolute atomic E-state index is 0.212. The molecule has 0 unspecified atom stereocenters. The molecule has 0 rings (SSSR count). The molecule has 0 fully saturated rings. The number of rotatable bonds is 2. The first-order valence-electron chi connectivity index (χ1n) is 1.98. The monoisotopic (exact) mass is 100 g/mol. The molecule has 0 saturated heterocycles. The van der Waals surface area contributed by atoms with Gasteiger partial charge in [-0.15, -0.1) is 5.73 Å². The van der Waals surface area contributed by atoms with E-state index in [9.17, 15) is 0 Å². The number of hydrogen-bond acceptors (Lipinski definition) is 2. The lowest BCUT2D eigenvalue weighted by Gasteiger charge is -1.91. The summed E-state index contributed by atoms with van der Waals surface area (Å²) in [5.74, 6) is 0. The van der Waals surface area contributed by atoms with Crippen LogP contribution in [0.1, 0.15) is 6.42 Å². The maximum atomic E-state index is 8.14. The van der Waals surface area contributed by atoms with E-state index in [0.29, 0.717) is 0 Å². The Morgan fingerprint density at radius 1 is 1.71 bits per heavy atom. The fourth-order valence-corrected chi connectivity index (χ4v) is 0.189. The van der Waals surface area contributed by atoms with Crippen LogP contribution in [0.4, 0.5) is 0 Å². The molecule has 0 amide bonds. The van der Waals surface area contributed by atoms with Gasteiger partial charge in [0.15, 0.2) is 6.29 Å². The number of hydrogen-bond donors (Lipinski definition) is 2.